The number of piperidine rings is 1. The third-order valence-electron chi connectivity index (χ3n) is 6.66. The maximum absolute atomic E-state index is 12.9. The summed E-state index contributed by atoms with van der Waals surface area (Å²) in [5, 5.41) is 2.18. The first kappa shape index (κ1) is 23.4. The van der Waals surface area contributed by atoms with Crippen molar-refractivity contribution >= 4 is 33.7 Å². The Kier molecular flexibility index (Phi) is 6.02. The summed E-state index contributed by atoms with van der Waals surface area (Å²) in [6.45, 7) is 0.230. The molecule has 2 aromatic carbocycles. The molecule has 2 aliphatic heterocycles. The van der Waals surface area contributed by atoms with E-state index in [1.165, 1.54) is 0 Å². The molecule has 1 saturated heterocycles. The number of carbonyl (C=O) groups is 4. The number of hydrogen-bond donors (Lipinski definition) is 2. The SMILES string of the molecule is O=C1CCC(N2C(=O)c3ccc(CCCNS(=O)(=O)c4ccccc4C4CC4)cc3C2=O)C(=O)N1. The number of nitrogens with one attached hydrogen (secondary N) is 2. The highest BCUT2D eigenvalue weighted by molar-refractivity contribution is 7.89. The van der Waals surface area contributed by atoms with Gasteiger partial charge in [0.2, 0.25) is 21.8 Å². The molecule has 182 valence electrons. The quantitative estimate of drug-likeness (QED) is 0.425. The summed E-state index contributed by atoms with van der Waals surface area (Å²) in [6.07, 6.45) is 3.19. The van der Waals surface area contributed by atoms with Crippen LogP contribution in [0.1, 0.15) is 69.9 Å². The van der Waals surface area contributed by atoms with Gasteiger partial charge in [0.25, 0.3) is 11.8 Å². The number of rotatable bonds is 8. The van der Waals surface area contributed by atoms with Gasteiger partial charge < -0.3 is 0 Å². The maximum Gasteiger partial charge on any atom is 0.262 e. The third kappa shape index (κ3) is 4.51. The summed E-state index contributed by atoms with van der Waals surface area (Å²) in [5.74, 6) is -1.86. The molecule has 2 N–H and O–H groups in total. The van der Waals surface area contributed by atoms with Gasteiger partial charge in [-0.05, 0) is 67.3 Å². The van der Waals surface area contributed by atoms with Crippen molar-refractivity contribution in [1.82, 2.24) is 14.9 Å². The number of benzene rings is 2. The number of fused-ring (bicyclic) bond motifs is 1. The lowest BCUT2D eigenvalue weighted by atomic mass is 10.0. The van der Waals surface area contributed by atoms with Crippen molar-refractivity contribution in [2.45, 2.75) is 55.4 Å². The van der Waals surface area contributed by atoms with E-state index in [4.69, 9.17) is 0 Å². The molecule has 35 heavy (non-hydrogen) atoms. The smallest absolute Gasteiger partial charge is 0.262 e. The van der Waals surface area contributed by atoms with Crippen LogP contribution in [-0.4, -0.2) is 49.5 Å². The topological polar surface area (TPSA) is 130 Å². The molecule has 0 bridgehead atoms. The van der Waals surface area contributed by atoms with Crippen LogP contribution in [0.2, 0.25) is 0 Å². The van der Waals surface area contributed by atoms with Crippen molar-refractivity contribution in [3.8, 4) is 0 Å². The standard InChI is InChI=1S/C25H25N3O6S/c29-22-12-11-20(23(30)27-22)28-24(31)18-10-7-15(14-19(18)25(28)32)4-3-13-26-35(33,34)21-6-2-1-5-17(21)16-8-9-16/h1-2,5-7,10,14,16,20,26H,3-4,8-9,11-13H2,(H,27,29,30). The molecule has 1 aliphatic carbocycles. The van der Waals surface area contributed by atoms with Crippen LogP contribution in [0.5, 0.6) is 0 Å². The highest BCUT2D eigenvalue weighted by atomic mass is 32.2. The number of aryl methyl sites for hydroxylation is 1. The fourth-order valence-electron chi connectivity index (χ4n) is 4.71. The van der Waals surface area contributed by atoms with Gasteiger partial charge in [-0.2, -0.15) is 0 Å². The normalized spacial score (nSPS) is 20.2. The highest BCUT2D eigenvalue weighted by Crippen LogP contribution is 2.42. The zero-order valence-electron chi connectivity index (χ0n) is 19.0. The van der Waals surface area contributed by atoms with E-state index >= 15 is 0 Å². The molecule has 10 heteroatoms. The molecule has 0 spiro atoms. The number of sulfonamides is 1. The fourth-order valence-corrected chi connectivity index (χ4v) is 6.08. The molecule has 3 aliphatic rings. The predicted octanol–water partition coefficient (Wildman–Crippen LogP) is 1.88. The molecule has 2 aromatic rings. The van der Waals surface area contributed by atoms with Gasteiger partial charge in [0, 0.05) is 13.0 Å². The second-order valence-electron chi connectivity index (χ2n) is 9.14. The molecule has 2 fully saturated rings. The van der Waals surface area contributed by atoms with Gasteiger partial charge in [0.05, 0.1) is 16.0 Å². The molecule has 5 rings (SSSR count). The second-order valence-corrected chi connectivity index (χ2v) is 10.9. The Morgan fingerprint density at radius 1 is 0.943 bits per heavy atom. The summed E-state index contributed by atoms with van der Waals surface area (Å²) in [7, 11) is -3.62. The van der Waals surface area contributed by atoms with Crippen LogP contribution in [0.3, 0.4) is 0 Å². The lowest BCUT2D eigenvalue weighted by molar-refractivity contribution is -0.136. The minimum absolute atomic E-state index is 0.0656. The lowest BCUT2D eigenvalue weighted by Gasteiger charge is -2.27. The van der Waals surface area contributed by atoms with Crippen LogP contribution in [0.25, 0.3) is 0 Å². The van der Waals surface area contributed by atoms with Crippen LogP contribution < -0.4 is 10.0 Å². The van der Waals surface area contributed by atoms with Gasteiger partial charge in [-0.1, -0.05) is 24.3 Å². The van der Waals surface area contributed by atoms with Crippen molar-refractivity contribution in [1.29, 1.82) is 0 Å². The largest absolute Gasteiger partial charge is 0.295 e. The number of hydrogen-bond acceptors (Lipinski definition) is 6. The van der Waals surface area contributed by atoms with E-state index in [1.807, 2.05) is 12.1 Å². The zero-order chi connectivity index (χ0) is 24.7. The van der Waals surface area contributed by atoms with Crippen LogP contribution in [-0.2, 0) is 26.0 Å². The summed E-state index contributed by atoms with van der Waals surface area (Å²) < 4.78 is 28.3. The first-order valence-electron chi connectivity index (χ1n) is 11.7. The van der Waals surface area contributed by atoms with E-state index in [2.05, 4.69) is 10.0 Å². The minimum Gasteiger partial charge on any atom is -0.295 e. The highest BCUT2D eigenvalue weighted by Gasteiger charge is 2.44. The van der Waals surface area contributed by atoms with Gasteiger partial charge >= 0.3 is 0 Å². The second kappa shape index (κ2) is 9.01. The van der Waals surface area contributed by atoms with Gasteiger partial charge in [0.15, 0.2) is 0 Å². The van der Waals surface area contributed by atoms with Crippen LogP contribution >= 0.6 is 0 Å². The van der Waals surface area contributed by atoms with Crippen LogP contribution in [0, 0.1) is 0 Å². The molecule has 1 unspecified atom stereocenters. The number of imide groups is 2. The first-order chi connectivity index (χ1) is 16.8. The van der Waals surface area contributed by atoms with Crippen molar-refractivity contribution in [3.63, 3.8) is 0 Å². The Labute approximate surface area is 202 Å². The zero-order valence-corrected chi connectivity index (χ0v) is 19.8. The minimum atomic E-state index is -3.62. The van der Waals surface area contributed by atoms with Gasteiger partial charge in [-0.25, -0.2) is 13.1 Å². The van der Waals surface area contributed by atoms with Crippen LogP contribution in [0.4, 0.5) is 0 Å². The van der Waals surface area contributed by atoms with Crippen molar-refractivity contribution in [3.05, 3.63) is 64.7 Å². The van der Waals surface area contributed by atoms with Gasteiger partial charge in [-0.3, -0.25) is 29.4 Å². The van der Waals surface area contributed by atoms with E-state index in [9.17, 15) is 27.6 Å². The number of amides is 4. The van der Waals surface area contributed by atoms with E-state index in [1.54, 1.807) is 30.3 Å². The van der Waals surface area contributed by atoms with E-state index in [0.717, 1.165) is 28.9 Å². The molecule has 4 amide bonds. The molecule has 0 aromatic heterocycles. The number of carbonyl (C=O) groups excluding carboxylic acids is 4. The number of nitrogens with zero attached hydrogens (tertiary/aromatic N) is 1. The summed E-state index contributed by atoms with van der Waals surface area (Å²) in [4.78, 5) is 50.6. The van der Waals surface area contributed by atoms with E-state index < -0.39 is 39.7 Å². The lowest BCUT2D eigenvalue weighted by Crippen LogP contribution is -2.54. The third-order valence-corrected chi connectivity index (χ3v) is 8.20. The van der Waals surface area contributed by atoms with Crippen molar-refractivity contribution in [2.24, 2.45) is 0 Å². The summed E-state index contributed by atoms with van der Waals surface area (Å²) in [5.41, 5.74) is 2.09. The van der Waals surface area contributed by atoms with E-state index in [0.29, 0.717) is 23.7 Å². The Hall–Kier alpha value is -3.37. The Morgan fingerprint density at radius 3 is 2.43 bits per heavy atom. The molecule has 2 heterocycles. The first-order valence-corrected chi connectivity index (χ1v) is 13.2. The monoisotopic (exact) mass is 495 g/mol. The Bertz CT molecular complexity index is 1350. The van der Waals surface area contributed by atoms with Crippen molar-refractivity contribution in [2.75, 3.05) is 6.54 Å². The van der Waals surface area contributed by atoms with Gasteiger partial charge in [-0.15, -0.1) is 0 Å². The average Bonchev–Trinajstić information content (AvgIpc) is 3.65. The predicted molar refractivity (Wildman–Crippen MR) is 125 cm³/mol. The molecular weight excluding hydrogens is 470 g/mol. The molecule has 1 saturated carbocycles. The van der Waals surface area contributed by atoms with Crippen LogP contribution in [0.15, 0.2) is 47.4 Å². The Balaban J connectivity index is 1.22. The molecule has 1 atom stereocenters. The fraction of sp³-hybridized carbons (Fsp3) is 0.360. The Morgan fingerprint density at radius 2 is 1.69 bits per heavy atom. The summed E-state index contributed by atoms with van der Waals surface area (Å²) in [6, 6.07) is 11.0. The summed E-state index contributed by atoms with van der Waals surface area (Å²) >= 11 is 0. The van der Waals surface area contributed by atoms with Crippen molar-refractivity contribution < 1.29 is 27.6 Å². The van der Waals surface area contributed by atoms with E-state index in [-0.39, 0.29) is 30.5 Å². The van der Waals surface area contributed by atoms with Gasteiger partial charge in [0.1, 0.15) is 6.04 Å². The molecule has 9 nitrogen and oxygen atoms in total. The average molecular weight is 496 g/mol. The maximum atomic E-state index is 12.9. The molecular formula is C25H25N3O6S. The molecule has 0 radical (unpaired) electrons.